The van der Waals surface area contributed by atoms with Gasteiger partial charge in [-0.15, -0.1) is 0 Å². The molecule has 0 saturated carbocycles. The fourth-order valence-electron chi connectivity index (χ4n) is 3.95. The summed E-state index contributed by atoms with van der Waals surface area (Å²) in [6.07, 6.45) is 0.759. The highest BCUT2D eigenvalue weighted by Gasteiger charge is 2.20. The summed E-state index contributed by atoms with van der Waals surface area (Å²) in [5.41, 5.74) is 7.45. The van der Waals surface area contributed by atoms with E-state index >= 15 is 0 Å². The molecule has 5 rings (SSSR count). The topological polar surface area (TPSA) is 58.2 Å². The van der Waals surface area contributed by atoms with Crippen molar-refractivity contribution in [3.8, 4) is 11.1 Å². The van der Waals surface area contributed by atoms with Crippen LogP contribution in [0.2, 0.25) is 0 Å². The average Bonchev–Trinajstić information content (AvgIpc) is 3.17. The van der Waals surface area contributed by atoms with E-state index in [0.29, 0.717) is 11.1 Å². The lowest BCUT2D eigenvalue weighted by molar-refractivity contribution is 0.101. The molecule has 4 heteroatoms. The molecule has 4 aromatic carbocycles. The first-order valence-electron chi connectivity index (χ1n) is 10.2. The van der Waals surface area contributed by atoms with Crippen molar-refractivity contribution in [2.45, 2.75) is 6.42 Å². The second-order valence-corrected chi connectivity index (χ2v) is 7.56. The Morgan fingerprint density at radius 2 is 0.968 bits per heavy atom. The van der Waals surface area contributed by atoms with Gasteiger partial charge >= 0.3 is 0 Å². The minimum absolute atomic E-state index is 0.123. The van der Waals surface area contributed by atoms with Crippen LogP contribution in [0, 0.1) is 0 Å². The van der Waals surface area contributed by atoms with Crippen molar-refractivity contribution < 1.29 is 9.59 Å². The zero-order chi connectivity index (χ0) is 21.2. The van der Waals surface area contributed by atoms with Crippen molar-refractivity contribution in [1.29, 1.82) is 0 Å². The fourth-order valence-corrected chi connectivity index (χ4v) is 3.95. The summed E-state index contributed by atoms with van der Waals surface area (Å²) in [5.74, 6) is -0.246. The van der Waals surface area contributed by atoms with E-state index < -0.39 is 0 Å². The first-order valence-corrected chi connectivity index (χ1v) is 10.2. The van der Waals surface area contributed by atoms with Gasteiger partial charge in [0, 0.05) is 22.5 Å². The van der Waals surface area contributed by atoms with E-state index in [0.717, 1.165) is 40.0 Å². The summed E-state index contributed by atoms with van der Waals surface area (Å²) >= 11 is 0. The van der Waals surface area contributed by atoms with Crippen LogP contribution >= 0.6 is 0 Å². The molecule has 0 aromatic heterocycles. The smallest absolute Gasteiger partial charge is 0.255 e. The van der Waals surface area contributed by atoms with Crippen LogP contribution in [0.1, 0.15) is 31.8 Å². The maximum absolute atomic E-state index is 12.4. The van der Waals surface area contributed by atoms with Crippen LogP contribution in [0.3, 0.4) is 0 Å². The number of hydrogen-bond acceptors (Lipinski definition) is 2. The summed E-state index contributed by atoms with van der Waals surface area (Å²) in [4.78, 5) is 24.9. The average molecular weight is 404 g/mol. The fraction of sp³-hybridized carbons (Fsp3) is 0.0370. The van der Waals surface area contributed by atoms with Gasteiger partial charge in [0.05, 0.1) is 0 Å². The third kappa shape index (κ3) is 3.83. The molecule has 0 bridgehead atoms. The highest BCUT2D eigenvalue weighted by molar-refractivity contribution is 6.05. The maximum Gasteiger partial charge on any atom is 0.255 e. The molecule has 0 aliphatic heterocycles. The van der Waals surface area contributed by atoms with Crippen LogP contribution in [-0.2, 0) is 6.42 Å². The quantitative estimate of drug-likeness (QED) is 0.400. The van der Waals surface area contributed by atoms with Gasteiger partial charge in [0.1, 0.15) is 0 Å². The van der Waals surface area contributed by atoms with Crippen molar-refractivity contribution in [2.75, 3.05) is 10.6 Å². The minimum Gasteiger partial charge on any atom is -0.322 e. The van der Waals surface area contributed by atoms with Crippen LogP contribution in [0.25, 0.3) is 11.1 Å². The van der Waals surface area contributed by atoms with Gasteiger partial charge in [-0.1, -0.05) is 48.5 Å². The van der Waals surface area contributed by atoms with E-state index in [1.54, 1.807) is 24.3 Å². The molecule has 31 heavy (non-hydrogen) atoms. The molecule has 4 nitrogen and oxygen atoms in total. The third-order valence-electron chi connectivity index (χ3n) is 5.47. The predicted octanol–water partition coefficient (Wildman–Crippen LogP) is 5.76. The molecule has 0 radical (unpaired) electrons. The monoisotopic (exact) mass is 404 g/mol. The number of carbonyl (C=O) groups excluding carboxylic acids is 2. The lowest BCUT2D eigenvalue weighted by Gasteiger charge is -2.08. The molecular formula is C27H20N2O2. The van der Waals surface area contributed by atoms with Gasteiger partial charge in [-0.05, 0) is 77.2 Å². The Kier molecular flexibility index (Phi) is 4.81. The molecular weight excluding hydrogens is 384 g/mol. The zero-order valence-corrected chi connectivity index (χ0v) is 16.8. The first kappa shape index (κ1) is 18.8. The van der Waals surface area contributed by atoms with Crippen molar-refractivity contribution in [2.24, 2.45) is 0 Å². The lowest BCUT2D eigenvalue weighted by atomic mass is 10.0. The Bertz CT molecular complexity index is 1180. The highest BCUT2D eigenvalue weighted by atomic mass is 16.2. The van der Waals surface area contributed by atoms with E-state index in [2.05, 4.69) is 10.6 Å². The molecule has 0 atom stereocenters. The highest BCUT2D eigenvalue weighted by Crippen LogP contribution is 2.39. The molecule has 150 valence electrons. The van der Waals surface area contributed by atoms with Crippen molar-refractivity contribution >= 4 is 23.2 Å². The molecule has 0 fully saturated rings. The zero-order valence-electron chi connectivity index (χ0n) is 16.8. The summed E-state index contributed by atoms with van der Waals surface area (Å²) in [7, 11) is 0. The van der Waals surface area contributed by atoms with Crippen LogP contribution in [0.4, 0.5) is 11.4 Å². The molecule has 0 spiro atoms. The maximum atomic E-state index is 12.4. The number of amides is 2. The van der Waals surface area contributed by atoms with E-state index in [4.69, 9.17) is 0 Å². The molecule has 1 aliphatic rings. The van der Waals surface area contributed by atoms with Crippen LogP contribution < -0.4 is 10.6 Å². The Balaban J connectivity index is 1.33. The van der Waals surface area contributed by atoms with Crippen molar-refractivity contribution in [1.82, 2.24) is 0 Å². The number of hydrogen-bond donors (Lipinski definition) is 2. The Morgan fingerprint density at radius 3 is 1.39 bits per heavy atom. The summed E-state index contributed by atoms with van der Waals surface area (Å²) in [6.45, 7) is 0. The van der Waals surface area contributed by atoms with E-state index in [9.17, 15) is 9.59 Å². The lowest BCUT2D eigenvalue weighted by Crippen LogP contribution is -2.11. The van der Waals surface area contributed by atoms with Crippen LogP contribution in [0.15, 0.2) is 97.1 Å². The second kappa shape index (κ2) is 7.92. The van der Waals surface area contributed by atoms with Gasteiger partial charge in [0.25, 0.3) is 11.8 Å². The number of anilines is 2. The number of fused-ring (bicyclic) bond motifs is 3. The molecule has 0 unspecified atom stereocenters. The Morgan fingerprint density at radius 1 is 0.548 bits per heavy atom. The van der Waals surface area contributed by atoms with Gasteiger partial charge in [0.2, 0.25) is 0 Å². The Labute approximate surface area is 180 Å². The first-order chi connectivity index (χ1) is 15.2. The number of nitrogens with one attached hydrogen (secondary N) is 2. The molecule has 0 heterocycles. The van der Waals surface area contributed by atoms with Gasteiger partial charge < -0.3 is 10.6 Å². The summed E-state index contributed by atoms with van der Waals surface area (Å²) < 4.78 is 0. The van der Waals surface area contributed by atoms with Gasteiger partial charge in [0.15, 0.2) is 0 Å². The number of carbonyl (C=O) groups is 2. The summed E-state index contributed by atoms with van der Waals surface area (Å²) in [6, 6.07) is 30.4. The minimum atomic E-state index is -0.123. The van der Waals surface area contributed by atoms with Crippen LogP contribution in [-0.4, -0.2) is 11.8 Å². The predicted molar refractivity (Wildman–Crippen MR) is 123 cm³/mol. The van der Waals surface area contributed by atoms with Gasteiger partial charge in [-0.25, -0.2) is 0 Å². The van der Waals surface area contributed by atoms with E-state index in [1.165, 1.54) is 0 Å². The van der Waals surface area contributed by atoms with Crippen molar-refractivity contribution in [3.63, 3.8) is 0 Å². The molecule has 1 aliphatic carbocycles. The largest absolute Gasteiger partial charge is 0.322 e. The normalized spacial score (nSPS) is 11.4. The SMILES string of the molecule is O=C(Nc1ccc2c(c1)Cc1cc(NC(=O)c3ccccc3)ccc1-2)c1ccccc1. The molecule has 2 N–H and O–H groups in total. The number of benzene rings is 4. The van der Waals surface area contributed by atoms with Crippen LogP contribution in [0.5, 0.6) is 0 Å². The van der Waals surface area contributed by atoms with Gasteiger partial charge in [-0.3, -0.25) is 9.59 Å². The van der Waals surface area contributed by atoms with E-state index in [1.807, 2.05) is 72.8 Å². The molecule has 0 saturated heterocycles. The standard InChI is InChI=1S/C27H20N2O2/c30-26(18-7-3-1-4-8-18)28-22-11-13-24-20(16-22)15-21-17-23(12-14-25(21)24)29-27(31)19-9-5-2-6-10-19/h1-14,16-17H,15H2,(H,28,30)(H,29,31). The summed E-state index contributed by atoms with van der Waals surface area (Å²) in [5, 5.41) is 5.95. The van der Waals surface area contributed by atoms with Gasteiger partial charge in [-0.2, -0.15) is 0 Å². The molecule has 2 amide bonds. The second-order valence-electron chi connectivity index (χ2n) is 7.56. The van der Waals surface area contributed by atoms with Crippen molar-refractivity contribution in [3.05, 3.63) is 119 Å². The third-order valence-corrected chi connectivity index (χ3v) is 5.47. The molecule has 4 aromatic rings. The van der Waals surface area contributed by atoms with E-state index in [-0.39, 0.29) is 11.8 Å². The Hall–Kier alpha value is -4.18. The number of rotatable bonds is 4.